The Bertz CT molecular complexity index is 3880. The summed E-state index contributed by atoms with van der Waals surface area (Å²) in [5.41, 5.74) is 17.2. The molecule has 0 spiro atoms. The highest BCUT2D eigenvalue weighted by molar-refractivity contribution is 6.33. The topological polar surface area (TPSA) is 229 Å². The van der Waals surface area contributed by atoms with Crippen molar-refractivity contribution in [1.29, 1.82) is 0 Å². The molecule has 8 heterocycles. The number of nitrogens with zero attached hydrogens (tertiary/aromatic N) is 11. The number of amides is 4. The van der Waals surface area contributed by atoms with Gasteiger partial charge in [0.25, 0.3) is 0 Å². The van der Waals surface area contributed by atoms with Gasteiger partial charge in [0.1, 0.15) is 34.2 Å². The van der Waals surface area contributed by atoms with E-state index in [4.69, 9.17) is 71.3 Å². The fraction of sp³-hybridized carbons (Fsp3) is 0.359. The van der Waals surface area contributed by atoms with Crippen LogP contribution in [-0.4, -0.2) is 178 Å². The van der Waals surface area contributed by atoms with E-state index in [1.165, 1.54) is 19.8 Å². The Morgan fingerprint density at radius 1 is 0.573 bits per heavy atom. The number of alkyl halides is 1. The third-order valence-corrected chi connectivity index (χ3v) is 16.1. The van der Waals surface area contributed by atoms with Crippen molar-refractivity contribution in [2.45, 2.75) is 45.5 Å². The maximum atomic E-state index is 12.9. The molecule has 0 aliphatic carbocycles. The number of aliphatic hydroxyl groups excluding tert-OH is 3. The molecule has 0 radical (unpaired) electrons. The zero-order valence-electron chi connectivity index (χ0n) is 51.1. The molecule has 21 nitrogen and oxygen atoms in total. The third kappa shape index (κ3) is 16.7. The van der Waals surface area contributed by atoms with Gasteiger partial charge in [0.15, 0.2) is 0 Å². The molecule has 9 aromatic rings. The first-order chi connectivity index (χ1) is 42.9. The molecule has 2 aliphatic rings. The van der Waals surface area contributed by atoms with E-state index in [9.17, 15) is 24.9 Å². The van der Waals surface area contributed by atoms with Gasteiger partial charge in [-0.15, -0.1) is 11.6 Å². The third-order valence-electron chi connectivity index (χ3n) is 14.9. The lowest BCUT2D eigenvalue weighted by atomic mass is 10.1. The van der Waals surface area contributed by atoms with Gasteiger partial charge in [0.05, 0.1) is 84.7 Å². The molecule has 474 valence electrons. The number of urea groups is 2. The second-order valence-corrected chi connectivity index (χ2v) is 23.2. The van der Waals surface area contributed by atoms with E-state index in [1.807, 2.05) is 108 Å². The van der Waals surface area contributed by atoms with Gasteiger partial charge in [-0.05, 0) is 156 Å². The molecular formula is C64H77Cl4N13O8. The molecule has 0 atom stereocenters. The lowest BCUT2D eigenvalue weighted by Crippen LogP contribution is -2.33. The summed E-state index contributed by atoms with van der Waals surface area (Å²) in [7, 11) is 12.8. The van der Waals surface area contributed by atoms with Gasteiger partial charge in [-0.3, -0.25) is 9.80 Å². The molecule has 6 aromatic heterocycles. The lowest BCUT2D eigenvalue weighted by Gasteiger charge is -2.19. The number of carbonyl (C=O) groups excluding carboxylic acids is 2. The van der Waals surface area contributed by atoms with Crippen LogP contribution in [0, 0.1) is 0 Å². The highest BCUT2D eigenvalue weighted by atomic mass is 35.5. The van der Waals surface area contributed by atoms with Crippen molar-refractivity contribution in [3.8, 4) is 51.0 Å². The van der Waals surface area contributed by atoms with Crippen LogP contribution >= 0.6 is 46.4 Å². The molecule has 25 heteroatoms. The number of ether oxygens (including phenoxy) is 3. The molecule has 0 unspecified atom stereocenters. The van der Waals surface area contributed by atoms with Crippen LogP contribution in [0.5, 0.6) is 17.2 Å². The molecular weight excluding hydrogens is 1220 g/mol. The van der Waals surface area contributed by atoms with Gasteiger partial charge in [0, 0.05) is 105 Å². The van der Waals surface area contributed by atoms with Crippen molar-refractivity contribution in [3.63, 3.8) is 0 Å². The minimum atomic E-state index is -0.159. The van der Waals surface area contributed by atoms with Crippen molar-refractivity contribution in [3.05, 3.63) is 147 Å². The number of hydrogen-bond donors (Lipinski definition) is 5. The second-order valence-electron chi connectivity index (χ2n) is 21.6. The molecule has 2 saturated heterocycles. The number of nitrogens with two attached hydrogens (primary N) is 1. The Morgan fingerprint density at radius 2 is 1.01 bits per heavy atom. The number of halogens is 4. The summed E-state index contributed by atoms with van der Waals surface area (Å²) < 4.78 is 21.4. The van der Waals surface area contributed by atoms with Gasteiger partial charge in [-0.1, -0.05) is 34.8 Å². The van der Waals surface area contributed by atoms with Crippen molar-refractivity contribution >= 4 is 86.8 Å². The zero-order valence-corrected chi connectivity index (χ0v) is 54.1. The van der Waals surface area contributed by atoms with Crippen LogP contribution < -0.4 is 35.1 Å². The molecule has 0 bridgehead atoms. The number of carbonyl (C=O) groups is 2. The molecule has 3 aromatic carbocycles. The van der Waals surface area contributed by atoms with Gasteiger partial charge in [-0.25, -0.2) is 24.5 Å². The van der Waals surface area contributed by atoms with E-state index in [1.54, 1.807) is 53.3 Å². The van der Waals surface area contributed by atoms with E-state index >= 15 is 0 Å². The second kappa shape index (κ2) is 31.9. The van der Waals surface area contributed by atoms with Crippen LogP contribution in [0.1, 0.15) is 41.5 Å². The predicted molar refractivity (Wildman–Crippen MR) is 354 cm³/mol. The number of imidazole rings is 3. The SMILES string of the molecule is CN(C)CCCCl.COc1cc(CO)c(-c2cn3ccc(CCCN)cc3n2)cc1Cl.COc1cc(CO)c(-c2cn3ccc(N4CCN(CCCN(C)C)C4=O)cc3n2)cc1Cl.COc1cc(CO)c(-c2cn3ccc(N4CCNC4=O)cc3n2)cc1Cl. The number of aliphatic hydroxyl groups is 3. The Morgan fingerprint density at radius 3 is 1.40 bits per heavy atom. The minimum absolute atomic E-state index is 0.0318. The van der Waals surface area contributed by atoms with Crippen LogP contribution in [0.25, 0.3) is 50.7 Å². The van der Waals surface area contributed by atoms with Crippen molar-refractivity contribution in [1.82, 2.24) is 48.2 Å². The van der Waals surface area contributed by atoms with Gasteiger partial charge in [0.2, 0.25) is 0 Å². The summed E-state index contributed by atoms with van der Waals surface area (Å²) >= 11 is 24.2. The van der Waals surface area contributed by atoms with E-state index in [0.717, 1.165) is 103 Å². The zero-order chi connectivity index (χ0) is 63.9. The lowest BCUT2D eigenvalue weighted by molar-refractivity contribution is 0.218. The van der Waals surface area contributed by atoms with E-state index in [2.05, 4.69) is 37.2 Å². The molecule has 2 fully saturated rings. The first-order valence-corrected chi connectivity index (χ1v) is 30.7. The molecule has 6 N–H and O–H groups in total. The maximum absolute atomic E-state index is 12.9. The molecule has 11 rings (SSSR count). The number of pyridine rings is 3. The van der Waals surface area contributed by atoms with Crippen LogP contribution in [0.3, 0.4) is 0 Å². The Balaban J connectivity index is 0.000000165. The van der Waals surface area contributed by atoms with Crippen molar-refractivity contribution in [2.75, 3.05) is 118 Å². The average Bonchev–Trinajstić information content (AvgIpc) is 1.93. The molecule has 0 saturated carbocycles. The van der Waals surface area contributed by atoms with E-state index < -0.39 is 0 Å². The number of aryl methyl sites for hydroxylation is 1. The highest BCUT2D eigenvalue weighted by Gasteiger charge is 2.30. The van der Waals surface area contributed by atoms with Crippen LogP contribution in [0.4, 0.5) is 21.0 Å². The average molecular weight is 1300 g/mol. The fourth-order valence-electron chi connectivity index (χ4n) is 10.2. The number of methoxy groups -OCH3 is 3. The number of hydrogen-bond acceptors (Lipinski definition) is 14. The quantitative estimate of drug-likeness (QED) is 0.0422. The summed E-state index contributed by atoms with van der Waals surface area (Å²) in [6.45, 7) is 5.71. The summed E-state index contributed by atoms with van der Waals surface area (Å²) in [5, 5.41) is 33.4. The standard InChI is InChI=1S/C23H28ClN5O3.C18H17ClN4O3.C18H20ClN3O2.C5H12ClN/c1-26(2)6-4-7-27-9-10-29(23(27)31)17-5-8-28-14-20(25-22(28)12-17)18-13-19(24)21(32-3)11-16(18)15-30;1-26-16-6-11(10-24)13(8-14(16)19)15-9-22-4-2-12(7-17(22)21-15)23-5-3-20-18(23)25;1-24-17-8-13(11-23)14(9-15(17)19)16-10-22-6-4-12(3-2-5-20)7-18(22)21-16;1-7(2)5-3-4-6/h5,8,11-14,30H,4,6-7,9-10,15H2,1-3H3;2,4,6-9,24H,3,5,10H2,1H3,(H,20,25);4,6-10,23H,2-3,5,11,20H2,1H3;3-5H2,1-2H3. The minimum Gasteiger partial charge on any atom is -0.495 e. The highest BCUT2D eigenvalue weighted by Crippen LogP contribution is 2.37. The Kier molecular flexibility index (Phi) is 24.2. The van der Waals surface area contributed by atoms with Gasteiger partial charge in [-0.2, -0.15) is 0 Å². The molecule has 2 aliphatic heterocycles. The fourth-order valence-corrected chi connectivity index (χ4v) is 11.1. The largest absolute Gasteiger partial charge is 0.495 e. The number of fused-ring (bicyclic) bond motifs is 3. The van der Waals surface area contributed by atoms with Crippen LogP contribution in [0.2, 0.25) is 15.1 Å². The number of rotatable bonds is 21. The number of nitrogens with one attached hydrogen (secondary N) is 1. The number of benzene rings is 3. The normalized spacial score (nSPS) is 13.1. The summed E-state index contributed by atoms with van der Waals surface area (Å²) in [6.07, 6.45) is 15.3. The van der Waals surface area contributed by atoms with Crippen molar-refractivity contribution in [2.24, 2.45) is 5.73 Å². The Labute approximate surface area is 538 Å². The van der Waals surface area contributed by atoms with Gasteiger partial charge < -0.3 is 68.5 Å². The molecule has 89 heavy (non-hydrogen) atoms. The number of aromatic nitrogens is 6. The molecule has 4 amide bonds. The summed E-state index contributed by atoms with van der Waals surface area (Å²) in [6, 6.07) is 22.1. The van der Waals surface area contributed by atoms with E-state index in [0.29, 0.717) is 92.3 Å². The predicted octanol–water partition coefficient (Wildman–Crippen LogP) is 10.3. The first kappa shape index (κ1) is 67.5. The summed E-state index contributed by atoms with van der Waals surface area (Å²) in [4.78, 5) is 48.4. The number of anilines is 2. The maximum Gasteiger partial charge on any atom is 0.324 e. The monoisotopic (exact) mass is 1300 g/mol. The van der Waals surface area contributed by atoms with Crippen molar-refractivity contribution < 1.29 is 39.1 Å². The van der Waals surface area contributed by atoms with Crippen LogP contribution in [-0.2, 0) is 26.2 Å². The first-order valence-electron chi connectivity index (χ1n) is 29.0. The smallest absolute Gasteiger partial charge is 0.324 e. The van der Waals surface area contributed by atoms with Crippen LogP contribution in [0.15, 0.2) is 110 Å². The summed E-state index contributed by atoms with van der Waals surface area (Å²) in [5.74, 6) is 2.33. The Hall–Kier alpha value is -7.41. The van der Waals surface area contributed by atoms with E-state index in [-0.39, 0.29) is 31.9 Å². The van der Waals surface area contributed by atoms with Gasteiger partial charge >= 0.3 is 12.1 Å².